The van der Waals surface area contributed by atoms with Gasteiger partial charge in [0, 0.05) is 22.2 Å². The first-order valence-corrected chi connectivity index (χ1v) is 8.40. The van der Waals surface area contributed by atoms with Crippen LogP contribution in [0, 0.1) is 0 Å². The lowest BCUT2D eigenvalue weighted by Gasteiger charge is -2.15. The highest BCUT2D eigenvalue weighted by Gasteiger charge is 2.14. The molecule has 0 radical (unpaired) electrons. The minimum Gasteiger partial charge on any atom is -0.493 e. The number of benzene rings is 2. The molecule has 0 aliphatic carbocycles. The smallest absolute Gasteiger partial charge is 0.317 e. The number of carbonyl (C=O) groups is 1. The van der Waals surface area contributed by atoms with E-state index in [4.69, 9.17) is 49.4 Å². The van der Waals surface area contributed by atoms with Crippen LogP contribution >= 0.6 is 34.8 Å². The van der Waals surface area contributed by atoms with Crippen molar-refractivity contribution in [1.82, 2.24) is 5.32 Å². The molecule has 0 aromatic heterocycles. The molecule has 0 aliphatic heterocycles. The maximum absolute atomic E-state index is 10.6. The van der Waals surface area contributed by atoms with Crippen molar-refractivity contribution < 1.29 is 19.4 Å². The monoisotopic (exact) mass is 403 g/mol. The molecule has 0 saturated heterocycles. The molecule has 0 atom stereocenters. The summed E-state index contributed by atoms with van der Waals surface area (Å²) in [5.74, 6) is -0.139. The van der Waals surface area contributed by atoms with Crippen molar-refractivity contribution in [3.05, 3.63) is 56.5 Å². The van der Waals surface area contributed by atoms with Gasteiger partial charge in [0.15, 0.2) is 11.5 Å². The fourth-order valence-corrected chi connectivity index (χ4v) is 2.94. The van der Waals surface area contributed by atoms with Gasteiger partial charge in [-0.15, -0.1) is 0 Å². The zero-order chi connectivity index (χ0) is 18.4. The Kier molecular flexibility index (Phi) is 7.20. The predicted octanol–water partition coefficient (Wildman–Crippen LogP) is 4.41. The van der Waals surface area contributed by atoms with E-state index in [0.29, 0.717) is 38.7 Å². The number of rotatable bonds is 8. The molecule has 0 saturated carbocycles. The number of nitrogens with one attached hydrogen (secondary N) is 1. The Morgan fingerprint density at radius 1 is 1.16 bits per heavy atom. The van der Waals surface area contributed by atoms with Gasteiger partial charge in [-0.25, -0.2) is 0 Å². The van der Waals surface area contributed by atoms with Crippen LogP contribution in [0.2, 0.25) is 15.1 Å². The van der Waals surface area contributed by atoms with Crippen LogP contribution in [0.4, 0.5) is 0 Å². The standard InChI is InChI=1S/C17H16Cl3NO4/c1-24-15-6-10(7-21-8-16(22)23)5-14(20)17(15)25-9-11-12(18)3-2-4-13(11)19/h2-6,21H,7-9H2,1H3,(H,22,23). The van der Waals surface area contributed by atoms with E-state index in [1.54, 1.807) is 30.3 Å². The Bertz CT molecular complexity index is 748. The van der Waals surface area contributed by atoms with Crippen molar-refractivity contribution in [2.45, 2.75) is 13.2 Å². The van der Waals surface area contributed by atoms with Crippen molar-refractivity contribution in [3.63, 3.8) is 0 Å². The quantitative estimate of drug-likeness (QED) is 0.682. The topological polar surface area (TPSA) is 67.8 Å². The third-order valence-electron chi connectivity index (χ3n) is 3.32. The van der Waals surface area contributed by atoms with Gasteiger partial charge in [-0.05, 0) is 29.8 Å². The summed E-state index contributed by atoms with van der Waals surface area (Å²) in [6.07, 6.45) is 0. The maximum atomic E-state index is 10.6. The summed E-state index contributed by atoms with van der Waals surface area (Å²) in [6.45, 7) is 0.313. The molecule has 0 bridgehead atoms. The Labute approximate surface area is 160 Å². The second-order valence-corrected chi connectivity index (χ2v) is 6.32. The summed E-state index contributed by atoms with van der Waals surface area (Å²) in [4.78, 5) is 10.6. The molecule has 134 valence electrons. The molecule has 0 amide bonds. The molecule has 0 unspecified atom stereocenters. The number of ether oxygens (including phenoxy) is 2. The van der Waals surface area contributed by atoms with Crippen molar-refractivity contribution in [1.29, 1.82) is 0 Å². The second-order valence-electron chi connectivity index (χ2n) is 5.10. The number of carboxylic acids is 1. The van der Waals surface area contributed by atoms with E-state index in [1.165, 1.54) is 7.11 Å². The Balaban J connectivity index is 2.16. The van der Waals surface area contributed by atoms with Gasteiger partial charge in [0.2, 0.25) is 0 Å². The highest BCUT2D eigenvalue weighted by atomic mass is 35.5. The Hall–Kier alpha value is -1.66. The Morgan fingerprint density at radius 3 is 2.44 bits per heavy atom. The van der Waals surface area contributed by atoms with Crippen molar-refractivity contribution in [3.8, 4) is 11.5 Å². The normalized spacial score (nSPS) is 10.6. The van der Waals surface area contributed by atoms with Crippen molar-refractivity contribution in [2.75, 3.05) is 13.7 Å². The zero-order valence-corrected chi connectivity index (χ0v) is 15.6. The van der Waals surface area contributed by atoms with Crippen LogP contribution in [0.1, 0.15) is 11.1 Å². The number of methoxy groups -OCH3 is 1. The average Bonchev–Trinajstić information content (AvgIpc) is 2.55. The lowest BCUT2D eigenvalue weighted by Crippen LogP contribution is -2.21. The molecular weight excluding hydrogens is 389 g/mol. The molecule has 2 N–H and O–H groups in total. The second kappa shape index (κ2) is 9.15. The highest BCUT2D eigenvalue weighted by molar-refractivity contribution is 6.36. The van der Waals surface area contributed by atoms with Gasteiger partial charge in [0.1, 0.15) is 6.61 Å². The van der Waals surface area contributed by atoms with Crippen LogP contribution < -0.4 is 14.8 Å². The van der Waals surface area contributed by atoms with Gasteiger partial charge in [0.05, 0.1) is 18.7 Å². The summed E-state index contributed by atoms with van der Waals surface area (Å²) in [6, 6.07) is 8.61. The fraction of sp³-hybridized carbons (Fsp3) is 0.235. The first kappa shape index (κ1) is 19.7. The fourth-order valence-electron chi connectivity index (χ4n) is 2.14. The average molecular weight is 405 g/mol. The summed E-state index contributed by atoms with van der Waals surface area (Å²) >= 11 is 18.6. The summed E-state index contributed by atoms with van der Waals surface area (Å²) in [5, 5.41) is 12.8. The van der Waals surface area contributed by atoms with Crippen LogP contribution in [0.5, 0.6) is 11.5 Å². The minimum atomic E-state index is -0.936. The van der Waals surface area contributed by atoms with E-state index in [-0.39, 0.29) is 13.2 Å². The van der Waals surface area contributed by atoms with Gasteiger partial charge < -0.3 is 19.9 Å². The molecule has 0 heterocycles. The molecular formula is C17H16Cl3NO4. The van der Waals surface area contributed by atoms with Crippen LogP contribution in [-0.2, 0) is 17.9 Å². The molecule has 0 aliphatic rings. The van der Waals surface area contributed by atoms with Gasteiger partial charge in [-0.1, -0.05) is 40.9 Å². The summed E-state index contributed by atoms with van der Waals surface area (Å²) in [5.41, 5.74) is 1.42. The third-order valence-corrected chi connectivity index (χ3v) is 4.31. The lowest BCUT2D eigenvalue weighted by atomic mass is 10.2. The van der Waals surface area contributed by atoms with Crippen LogP contribution in [0.3, 0.4) is 0 Å². The lowest BCUT2D eigenvalue weighted by molar-refractivity contribution is -0.135. The third kappa shape index (κ3) is 5.41. The van der Waals surface area contributed by atoms with E-state index in [9.17, 15) is 4.79 Å². The van der Waals surface area contributed by atoms with E-state index in [2.05, 4.69) is 5.32 Å². The van der Waals surface area contributed by atoms with Gasteiger partial charge in [-0.3, -0.25) is 4.79 Å². The number of halogens is 3. The van der Waals surface area contributed by atoms with Crippen molar-refractivity contribution >= 4 is 40.8 Å². The molecule has 0 spiro atoms. The van der Waals surface area contributed by atoms with Gasteiger partial charge in [-0.2, -0.15) is 0 Å². The molecule has 2 aromatic rings. The SMILES string of the molecule is COc1cc(CNCC(=O)O)cc(Cl)c1OCc1c(Cl)cccc1Cl. The zero-order valence-electron chi connectivity index (χ0n) is 13.3. The molecule has 8 heteroatoms. The van der Waals surface area contributed by atoms with Crippen molar-refractivity contribution in [2.24, 2.45) is 0 Å². The van der Waals surface area contributed by atoms with Gasteiger partial charge >= 0.3 is 5.97 Å². The number of carboxylic acid groups (broad SMARTS) is 1. The predicted molar refractivity (Wildman–Crippen MR) is 98.1 cm³/mol. The first-order valence-electron chi connectivity index (χ1n) is 7.27. The first-order chi connectivity index (χ1) is 11.9. The summed E-state index contributed by atoms with van der Waals surface area (Å²) < 4.78 is 11.1. The molecule has 2 aromatic carbocycles. The number of hydrogen-bond acceptors (Lipinski definition) is 4. The molecule has 5 nitrogen and oxygen atoms in total. The summed E-state index contributed by atoms with van der Waals surface area (Å²) in [7, 11) is 1.50. The van der Waals surface area contributed by atoms with E-state index in [1.807, 2.05) is 0 Å². The molecule has 0 fully saturated rings. The minimum absolute atomic E-state index is 0.130. The Morgan fingerprint density at radius 2 is 1.84 bits per heavy atom. The largest absolute Gasteiger partial charge is 0.493 e. The van der Waals surface area contributed by atoms with Crippen LogP contribution in [-0.4, -0.2) is 24.7 Å². The van der Waals surface area contributed by atoms with Gasteiger partial charge in [0.25, 0.3) is 0 Å². The van der Waals surface area contributed by atoms with Crippen LogP contribution in [0.15, 0.2) is 30.3 Å². The van der Waals surface area contributed by atoms with E-state index < -0.39 is 5.97 Å². The maximum Gasteiger partial charge on any atom is 0.317 e. The van der Waals surface area contributed by atoms with E-state index >= 15 is 0 Å². The number of aliphatic carboxylic acids is 1. The number of hydrogen-bond donors (Lipinski definition) is 2. The molecule has 2 rings (SSSR count). The highest BCUT2D eigenvalue weighted by Crippen LogP contribution is 2.37. The molecule has 25 heavy (non-hydrogen) atoms. The van der Waals surface area contributed by atoms with E-state index in [0.717, 1.165) is 5.56 Å². The van der Waals surface area contributed by atoms with Crippen LogP contribution in [0.25, 0.3) is 0 Å².